The fourth-order valence-corrected chi connectivity index (χ4v) is 4.76. The van der Waals surface area contributed by atoms with Crippen molar-refractivity contribution >= 4 is 17.5 Å². The van der Waals surface area contributed by atoms with Gasteiger partial charge in [0, 0.05) is 64.3 Å². The molecule has 3 rings (SSSR count). The van der Waals surface area contributed by atoms with E-state index in [9.17, 15) is 14.0 Å². The molecule has 1 aromatic heterocycles. The lowest BCUT2D eigenvalue weighted by Gasteiger charge is -2.32. The molecule has 36 heavy (non-hydrogen) atoms. The van der Waals surface area contributed by atoms with Crippen LogP contribution in [0.3, 0.4) is 0 Å². The summed E-state index contributed by atoms with van der Waals surface area (Å²) < 4.78 is 21.4. The van der Waals surface area contributed by atoms with E-state index in [2.05, 4.69) is 23.7 Å². The van der Waals surface area contributed by atoms with E-state index in [-0.39, 0.29) is 30.8 Å². The Bertz CT molecular complexity index is 966. The Morgan fingerprint density at radius 1 is 1.11 bits per heavy atom. The van der Waals surface area contributed by atoms with Gasteiger partial charge < -0.3 is 24.0 Å². The number of methoxy groups -OCH3 is 1. The van der Waals surface area contributed by atoms with Crippen molar-refractivity contribution in [1.29, 1.82) is 0 Å². The number of imidazole rings is 1. The highest BCUT2D eigenvalue weighted by molar-refractivity contribution is 5.95. The van der Waals surface area contributed by atoms with Gasteiger partial charge in [-0.25, -0.2) is 9.37 Å². The van der Waals surface area contributed by atoms with Crippen LogP contribution in [0.5, 0.6) is 0 Å². The van der Waals surface area contributed by atoms with Crippen LogP contribution < -0.4 is 4.90 Å². The monoisotopic (exact) mass is 501 g/mol. The third-order valence-electron chi connectivity index (χ3n) is 6.36. The predicted octanol–water partition coefficient (Wildman–Crippen LogP) is 3.56. The molecule has 1 aromatic carbocycles. The molecule has 198 valence electrons. The van der Waals surface area contributed by atoms with Crippen molar-refractivity contribution in [3.05, 3.63) is 48.3 Å². The predicted molar refractivity (Wildman–Crippen MR) is 138 cm³/mol. The Labute approximate surface area is 214 Å². The Morgan fingerprint density at radius 3 is 2.58 bits per heavy atom. The van der Waals surface area contributed by atoms with Crippen molar-refractivity contribution in [2.45, 2.75) is 52.6 Å². The lowest BCUT2D eigenvalue weighted by Crippen LogP contribution is -2.40. The first-order chi connectivity index (χ1) is 17.4. The van der Waals surface area contributed by atoms with Crippen molar-refractivity contribution in [1.82, 2.24) is 19.4 Å². The van der Waals surface area contributed by atoms with Crippen LogP contribution in [0, 0.1) is 11.7 Å². The minimum absolute atomic E-state index is 0.0348. The summed E-state index contributed by atoms with van der Waals surface area (Å²) in [6.07, 6.45) is 8.09. The summed E-state index contributed by atoms with van der Waals surface area (Å²) in [6, 6.07) is 4.47. The van der Waals surface area contributed by atoms with Crippen LogP contribution in [0.15, 0.2) is 36.9 Å². The number of hydrogen-bond donors (Lipinski definition) is 0. The number of fused-ring (bicyclic) bond motifs is 1. The van der Waals surface area contributed by atoms with Crippen LogP contribution in [0.1, 0.15) is 45.1 Å². The first-order valence-corrected chi connectivity index (χ1v) is 12.9. The van der Waals surface area contributed by atoms with Gasteiger partial charge in [-0.05, 0) is 62.0 Å². The normalized spacial score (nSPS) is 15.9. The van der Waals surface area contributed by atoms with E-state index in [4.69, 9.17) is 4.74 Å². The Balaban J connectivity index is 1.85. The van der Waals surface area contributed by atoms with Gasteiger partial charge in [0.25, 0.3) is 5.91 Å². The quantitative estimate of drug-likeness (QED) is 0.553. The van der Waals surface area contributed by atoms with E-state index in [1.165, 1.54) is 19.2 Å². The lowest BCUT2D eigenvalue weighted by atomic mass is 10.1. The van der Waals surface area contributed by atoms with Gasteiger partial charge in [0.1, 0.15) is 12.4 Å². The van der Waals surface area contributed by atoms with Gasteiger partial charge >= 0.3 is 0 Å². The molecule has 0 atom stereocenters. The Hall–Kier alpha value is -2.78. The molecule has 0 radical (unpaired) electrons. The molecule has 1 aliphatic heterocycles. The molecule has 2 heterocycles. The standard InChI is InChI=1S/C27H40FN5O3/c1-22(2)18-30-12-5-14-32(26(34)7-4-11-31-16-10-29-21-31)19-23-17-24(28)8-9-25(23)33(15-6-13-30)27(35)20-36-3/h8-10,16-17,21-22H,4-7,11-15,18-20H2,1-3H3. The van der Waals surface area contributed by atoms with Crippen LogP contribution in [0.2, 0.25) is 0 Å². The third kappa shape index (κ3) is 8.41. The number of aryl methyl sites for hydroxylation is 1. The number of hydrogen-bond acceptors (Lipinski definition) is 5. The van der Waals surface area contributed by atoms with Gasteiger partial charge in [-0.3, -0.25) is 9.59 Å². The van der Waals surface area contributed by atoms with Gasteiger partial charge in [-0.1, -0.05) is 13.8 Å². The van der Waals surface area contributed by atoms with E-state index in [0.717, 1.165) is 32.5 Å². The molecular weight excluding hydrogens is 461 g/mol. The molecular formula is C27H40FN5O3. The fourth-order valence-electron chi connectivity index (χ4n) is 4.76. The molecule has 0 aliphatic carbocycles. The number of amides is 2. The smallest absolute Gasteiger partial charge is 0.252 e. The average molecular weight is 502 g/mol. The number of aromatic nitrogens is 2. The molecule has 8 nitrogen and oxygen atoms in total. The van der Waals surface area contributed by atoms with Crippen molar-refractivity contribution < 1.29 is 18.7 Å². The van der Waals surface area contributed by atoms with Gasteiger partial charge in [0.15, 0.2) is 0 Å². The molecule has 0 N–H and O–H groups in total. The van der Waals surface area contributed by atoms with E-state index in [0.29, 0.717) is 49.6 Å². The second kappa shape index (κ2) is 14.1. The van der Waals surface area contributed by atoms with E-state index >= 15 is 0 Å². The molecule has 0 bridgehead atoms. The summed E-state index contributed by atoms with van der Waals surface area (Å²) in [5.41, 5.74) is 1.28. The summed E-state index contributed by atoms with van der Waals surface area (Å²) in [4.78, 5) is 36.3. The summed E-state index contributed by atoms with van der Waals surface area (Å²) >= 11 is 0. The topological polar surface area (TPSA) is 70.9 Å². The summed E-state index contributed by atoms with van der Waals surface area (Å²) in [6.45, 7) is 9.11. The third-order valence-corrected chi connectivity index (χ3v) is 6.36. The molecule has 2 amide bonds. The SMILES string of the molecule is COCC(=O)N1CCCN(CC(C)C)CCCN(C(=O)CCCn2ccnc2)Cc2cc(F)ccc21. The zero-order valence-electron chi connectivity index (χ0n) is 21.9. The van der Waals surface area contributed by atoms with Crippen LogP contribution in [-0.4, -0.2) is 77.6 Å². The molecule has 9 heteroatoms. The fraction of sp³-hybridized carbons (Fsp3) is 0.593. The average Bonchev–Trinajstić information content (AvgIpc) is 3.34. The minimum Gasteiger partial charge on any atom is -0.375 e. The summed E-state index contributed by atoms with van der Waals surface area (Å²) in [5, 5.41) is 0. The number of carbonyl (C=O) groups excluding carboxylic acids is 2. The van der Waals surface area contributed by atoms with Crippen molar-refractivity contribution in [3.8, 4) is 0 Å². The number of benzene rings is 1. The molecule has 2 aromatic rings. The van der Waals surface area contributed by atoms with Gasteiger partial charge in [-0.15, -0.1) is 0 Å². The molecule has 0 unspecified atom stereocenters. The number of rotatable bonds is 8. The van der Waals surface area contributed by atoms with Crippen molar-refractivity contribution in [2.24, 2.45) is 5.92 Å². The van der Waals surface area contributed by atoms with Crippen LogP contribution in [-0.2, 0) is 27.4 Å². The summed E-state index contributed by atoms with van der Waals surface area (Å²) in [7, 11) is 1.49. The van der Waals surface area contributed by atoms with Gasteiger partial charge in [0.05, 0.1) is 6.33 Å². The zero-order chi connectivity index (χ0) is 25.9. The van der Waals surface area contributed by atoms with E-state index < -0.39 is 0 Å². The largest absolute Gasteiger partial charge is 0.375 e. The van der Waals surface area contributed by atoms with Crippen LogP contribution in [0.25, 0.3) is 0 Å². The molecule has 0 spiro atoms. The van der Waals surface area contributed by atoms with Crippen molar-refractivity contribution in [2.75, 3.05) is 51.3 Å². The highest BCUT2D eigenvalue weighted by atomic mass is 19.1. The second-order valence-corrected chi connectivity index (χ2v) is 9.87. The molecule has 1 aliphatic rings. The first kappa shape index (κ1) is 27.8. The number of anilines is 1. The molecule has 0 saturated heterocycles. The minimum atomic E-state index is -0.379. The van der Waals surface area contributed by atoms with Gasteiger partial charge in [0.2, 0.25) is 5.91 Å². The first-order valence-electron chi connectivity index (χ1n) is 12.9. The maximum atomic E-state index is 14.3. The van der Waals surface area contributed by atoms with Crippen molar-refractivity contribution in [3.63, 3.8) is 0 Å². The number of nitrogens with zero attached hydrogens (tertiary/aromatic N) is 5. The number of halogens is 1. The number of carbonyl (C=O) groups is 2. The van der Waals surface area contributed by atoms with Crippen LogP contribution in [0.4, 0.5) is 10.1 Å². The van der Waals surface area contributed by atoms with Crippen LogP contribution >= 0.6 is 0 Å². The maximum absolute atomic E-state index is 14.3. The maximum Gasteiger partial charge on any atom is 0.252 e. The Kier molecular flexibility index (Phi) is 10.9. The van der Waals surface area contributed by atoms with Gasteiger partial charge in [-0.2, -0.15) is 0 Å². The highest BCUT2D eigenvalue weighted by Crippen LogP contribution is 2.25. The summed E-state index contributed by atoms with van der Waals surface area (Å²) in [5.74, 6) is 0.00736. The lowest BCUT2D eigenvalue weighted by molar-refractivity contribution is -0.132. The number of ether oxygens (including phenoxy) is 1. The molecule has 0 saturated carbocycles. The Morgan fingerprint density at radius 2 is 1.89 bits per heavy atom. The second-order valence-electron chi connectivity index (χ2n) is 9.87. The zero-order valence-corrected chi connectivity index (χ0v) is 21.9. The highest BCUT2D eigenvalue weighted by Gasteiger charge is 2.23. The van der Waals surface area contributed by atoms with E-state index in [1.807, 2.05) is 15.7 Å². The van der Waals surface area contributed by atoms with E-state index in [1.54, 1.807) is 23.5 Å². The molecule has 0 fully saturated rings.